The van der Waals surface area contributed by atoms with Crippen molar-refractivity contribution in [1.29, 1.82) is 0 Å². The summed E-state index contributed by atoms with van der Waals surface area (Å²) in [5.74, 6) is -0.256. The molecule has 0 aliphatic carbocycles. The van der Waals surface area contributed by atoms with E-state index in [4.69, 9.17) is 0 Å². The van der Waals surface area contributed by atoms with Gasteiger partial charge in [0.1, 0.15) is 0 Å². The summed E-state index contributed by atoms with van der Waals surface area (Å²) in [6, 6.07) is 8.84. The van der Waals surface area contributed by atoms with Gasteiger partial charge in [-0.15, -0.1) is 0 Å². The van der Waals surface area contributed by atoms with E-state index >= 15 is 0 Å². The van der Waals surface area contributed by atoms with E-state index < -0.39 is 0 Å². The first kappa shape index (κ1) is 13.3. The summed E-state index contributed by atoms with van der Waals surface area (Å²) >= 11 is 0. The molecule has 0 radical (unpaired) electrons. The first-order valence-electron chi connectivity index (χ1n) is 6.78. The Morgan fingerprint density at radius 1 is 1.19 bits per heavy atom. The molecule has 0 amide bonds. The zero-order valence-corrected chi connectivity index (χ0v) is 11.9. The van der Waals surface area contributed by atoms with Crippen molar-refractivity contribution >= 4 is 16.8 Å². The molecule has 2 aromatic heterocycles. The van der Waals surface area contributed by atoms with Crippen LogP contribution in [0.4, 0.5) is 0 Å². The average Bonchev–Trinajstić information content (AvgIpc) is 2.90. The maximum Gasteiger partial charge on any atom is 0.203 e. The first-order chi connectivity index (χ1) is 10.1. The average molecular weight is 281 g/mol. The lowest BCUT2D eigenvalue weighted by Crippen LogP contribution is -2.19. The number of carbonyl (C=O) groups is 1. The Bertz CT molecular complexity index is 876. The third kappa shape index (κ3) is 2.16. The summed E-state index contributed by atoms with van der Waals surface area (Å²) in [7, 11) is 1.76. The molecule has 21 heavy (non-hydrogen) atoms. The normalized spacial score (nSPS) is 11.0. The van der Waals surface area contributed by atoms with E-state index in [1.165, 1.54) is 0 Å². The molecule has 0 saturated carbocycles. The van der Waals surface area contributed by atoms with Gasteiger partial charge in [-0.3, -0.25) is 14.3 Å². The van der Waals surface area contributed by atoms with Crippen LogP contribution in [0.15, 0.2) is 47.5 Å². The smallest absolute Gasteiger partial charge is 0.203 e. The molecule has 3 rings (SSSR count). The third-order valence-corrected chi connectivity index (χ3v) is 3.48. The van der Waals surface area contributed by atoms with Crippen molar-refractivity contribution in [3.8, 4) is 0 Å². The highest BCUT2D eigenvalue weighted by atomic mass is 16.1. The third-order valence-electron chi connectivity index (χ3n) is 3.48. The quantitative estimate of drug-likeness (QED) is 0.690. The Labute approximate surface area is 121 Å². The maximum atomic E-state index is 12.5. The summed E-state index contributed by atoms with van der Waals surface area (Å²) in [5, 5.41) is 4.76. The number of pyridine rings is 1. The second kappa shape index (κ2) is 5.01. The lowest BCUT2D eigenvalue weighted by molar-refractivity contribution is 0.103. The van der Waals surface area contributed by atoms with Crippen LogP contribution in [0.2, 0.25) is 0 Å². The van der Waals surface area contributed by atoms with Crippen LogP contribution in [0.3, 0.4) is 0 Å². The highest BCUT2D eigenvalue weighted by Crippen LogP contribution is 2.13. The minimum atomic E-state index is -0.267. The molecule has 1 aromatic carbocycles. The van der Waals surface area contributed by atoms with Crippen LogP contribution in [0, 0.1) is 0 Å². The van der Waals surface area contributed by atoms with Gasteiger partial charge >= 0.3 is 0 Å². The SMILES string of the molecule is CCn1cc(C(=O)c2ccccc2)c(=O)c2cn(C)nc21. The number of fused-ring (bicyclic) bond motifs is 1. The summed E-state index contributed by atoms with van der Waals surface area (Å²) in [5.41, 5.74) is 1.04. The minimum absolute atomic E-state index is 0.184. The topological polar surface area (TPSA) is 56.9 Å². The summed E-state index contributed by atoms with van der Waals surface area (Å²) in [6.07, 6.45) is 3.26. The molecular weight excluding hydrogens is 266 g/mol. The van der Waals surface area contributed by atoms with Gasteiger partial charge in [0.15, 0.2) is 11.4 Å². The van der Waals surface area contributed by atoms with Gasteiger partial charge in [-0.2, -0.15) is 5.10 Å². The molecule has 5 nitrogen and oxygen atoms in total. The molecule has 5 heteroatoms. The second-order valence-electron chi connectivity index (χ2n) is 4.89. The van der Waals surface area contributed by atoms with Crippen LogP contribution in [0.25, 0.3) is 11.0 Å². The number of aromatic nitrogens is 3. The lowest BCUT2D eigenvalue weighted by atomic mass is 10.0. The molecule has 0 N–H and O–H groups in total. The van der Waals surface area contributed by atoms with Gasteiger partial charge in [0.25, 0.3) is 0 Å². The lowest BCUT2D eigenvalue weighted by Gasteiger charge is -2.07. The van der Waals surface area contributed by atoms with Crippen LogP contribution >= 0.6 is 0 Å². The van der Waals surface area contributed by atoms with Gasteiger partial charge in [0.05, 0.1) is 10.9 Å². The molecule has 0 saturated heterocycles. The molecule has 0 spiro atoms. The van der Waals surface area contributed by atoms with Crippen LogP contribution in [-0.4, -0.2) is 20.1 Å². The molecule has 0 aliphatic heterocycles. The largest absolute Gasteiger partial charge is 0.330 e. The molecule has 0 unspecified atom stereocenters. The van der Waals surface area contributed by atoms with Crippen molar-refractivity contribution in [2.75, 3.05) is 0 Å². The predicted octanol–water partition coefficient (Wildman–Crippen LogP) is 1.99. The molecule has 0 fully saturated rings. The Morgan fingerprint density at radius 3 is 2.57 bits per heavy atom. The number of benzene rings is 1. The molecular formula is C16H15N3O2. The highest BCUT2D eigenvalue weighted by Gasteiger charge is 2.18. The fourth-order valence-corrected chi connectivity index (χ4v) is 2.42. The molecule has 3 aromatic rings. The number of aryl methyl sites for hydroxylation is 2. The van der Waals surface area contributed by atoms with Crippen LogP contribution in [0.1, 0.15) is 22.8 Å². The zero-order chi connectivity index (χ0) is 15.0. The standard InChI is InChI=1S/C16H15N3O2/c1-3-19-10-12(14(20)11-7-5-4-6-8-11)15(21)13-9-18(2)17-16(13)19/h4-10H,3H2,1-2H3. The highest BCUT2D eigenvalue weighted by molar-refractivity contribution is 6.09. The van der Waals surface area contributed by atoms with E-state index in [0.717, 1.165) is 0 Å². The van der Waals surface area contributed by atoms with Crippen LogP contribution in [-0.2, 0) is 13.6 Å². The van der Waals surface area contributed by atoms with E-state index in [-0.39, 0.29) is 16.8 Å². The van der Waals surface area contributed by atoms with Crippen molar-refractivity contribution in [2.45, 2.75) is 13.5 Å². The predicted molar refractivity (Wildman–Crippen MR) is 80.5 cm³/mol. The van der Waals surface area contributed by atoms with E-state index in [1.807, 2.05) is 17.6 Å². The fourth-order valence-electron chi connectivity index (χ4n) is 2.42. The molecule has 2 heterocycles. The van der Waals surface area contributed by atoms with Crippen molar-refractivity contribution in [3.63, 3.8) is 0 Å². The van der Waals surface area contributed by atoms with Crippen LogP contribution < -0.4 is 5.43 Å². The monoisotopic (exact) mass is 281 g/mol. The second-order valence-corrected chi connectivity index (χ2v) is 4.89. The number of nitrogens with zero attached hydrogens (tertiary/aromatic N) is 3. The van der Waals surface area contributed by atoms with Crippen LogP contribution in [0.5, 0.6) is 0 Å². The van der Waals surface area contributed by atoms with Crippen molar-refractivity contribution in [2.24, 2.45) is 7.05 Å². The Kier molecular flexibility index (Phi) is 3.17. The first-order valence-corrected chi connectivity index (χ1v) is 6.78. The summed E-state index contributed by atoms with van der Waals surface area (Å²) in [6.45, 7) is 2.60. The van der Waals surface area contributed by atoms with Crippen molar-refractivity contribution in [1.82, 2.24) is 14.3 Å². The number of rotatable bonds is 3. The maximum absolute atomic E-state index is 12.5. The fraction of sp³-hybridized carbons (Fsp3) is 0.188. The minimum Gasteiger partial charge on any atom is -0.330 e. The number of hydrogen-bond acceptors (Lipinski definition) is 3. The van der Waals surface area contributed by atoms with Gasteiger partial charge in [-0.05, 0) is 6.92 Å². The van der Waals surface area contributed by atoms with Gasteiger partial charge in [0.2, 0.25) is 5.43 Å². The summed E-state index contributed by atoms with van der Waals surface area (Å²) in [4.78, 5) is 25.1. The van der Waals surface area contributed by atoms with Gasteiger partial charge < -0.3 is 4.57 Å². The Balaban J connectivity index is 2.26. The Morgan fingerprint density at radius 2 is 1.90 bits per heavy atom. The van der Waals surface area contributed by atoms with Crippen molar-refractivity contribution in [3.05, 3.63) is 64.1 Å². The van der Waals surface area contributed by atoms with Gasteiger partial charge in [-0.25, -0.2) is 0 Å². The van der Waals surface area contributed by atoms with E-state index in [2.05, 4.69) is 5.10 Å². The number of hydrogen-bond donors (Lipinski definition) is 0. The van der Waals surface area contributed by atoms with E-state index in [0.29, 0.717) is 23.1 Å². The Hall–Kier alpha value is -2.69. The van der Waals surface area contributed by atoms with E-state index in [9.17, 15) is 9.59 Å². The zero-order valence-electron chi connectivity index (χ0n) is 11.9. The van der Waals surface area contributed by atoms with Gasteiger partial charge in [-0.1, -0.05) is 30.3 Å². The van der Waals surface area contributed by atoms with Crippen molar-refractivity contribution < 1.29 is 4.79 Å². The molecule has 0 bridgehead atoms. The molecule has 0 atom stereocenters. The number of carbonyl (C=O) groups excluding carboxylic acids is 1. The van der Waals surface area contributed by atoms with E-state index in [1.54, 1.807) is 48.4 Å². The molecule has 106 valence electrons. The number of ketones is 1. The molecule has 0 aliphatic rings. The van der Waals surface area contributed by atoms with Gasteiger partial charge in [0, 0.05) is 31.5 Å². The summed E-state index contributed by atoms with van der Waals surface area (Å²) < 4.78 is 3.42.